The van der Waals surface area contributed by atoms with Gasteiger partial charge < -0.3 is 28.7 Å². The summed E-state index contributed by atoms with van der Waals surface area (Å²) in [4.78, 5) is 44.0. The zero-order valence-corrected chi connectivity index (χ0v) is 21.6. The number of rotatable bonds is 4. The average Bonchev–Trinajstić information content (AvgIpc) is 3.37. The number of carbonyl (C=O) groups excluding carboxylic acids is 3. The molecule has 2 aliphatic heterocycles. The van der Waals surface area contributed by atoms with E-state index in [-0.39, 0.29) is 23.9 Å². The highest BCUT2D eigenvalue weighted by Gasteiger charge is 2.31. The highest BCUT2D eigenvalue weighted by molar-refractivity contribution is 5.95. The largest absolute Gasteiger partial charge is 0.497 e. The lowest BCUT2D eigenvalue weighted by molar-refractivity contribution is 0.0186. The summed E-state index contributed by atoms with van der Waals surface area (Å²) in [5.41, 5.74) is 0.718. The lowest BCUT2D eigenvalue weighted by Crippen LogP contribution is -2.51. The van der Waals surface area contributed by atoms with Crippen LogP contribution in [-0.2, 0) is 4.74 Å². The normalized spacial score (nSPS) is 17.2. The van der Waals surface area contributed by atoms with Gasteiger partial charge in [0.15, 0.2) is 0 Å². The molecule has 2 aliphatic rings. The van der Waals surface area contributed by atoms with Crippen molar-refractivity contribution in [3.8, 4) is 5.75 Å². The van der Waals surface area contributed by atoms with E-state index in [0.717, 1.165) is 12.8 Å². The predicted octanol–water partition coefficient (Wildman–Crippen LogP) is 3.67. The number of ether oxygens (including phenoxy) is 2. The van der Waals surface area contributed by atoms with Crippen LogP contribution in [-0.4, -0.2) is 89.2 Å². The summed E-state index contributed by atoms with van der Waals surface area (Å²) >= 11 is 0. The van der Waals surface area contributed by atoms with E-state index in [1.165, 1.54) is 0 Å². The van der Waals surface area contributed by atoms with E-state index in [2.05, 4.69) is 0 Å². The van der Waals surface area contributed by atoms with Crippen LogP contribution >= 0.6 is 0 Å². The molecule has 9 nitrogen and oxygen atoms in total. The van der Waals surface area contributed by atoms with E-state index in [4.69, 9.17) is 9.47 Å². The minimum absolute atomic E-state index is 0.0250. The van der Waals surface area contributed by atoms with E-state index in [9.17, 15) is 14.4 Å². The number of hydrogen-bond donors (Lipinski definition) is 0. The van der Waals surface area contributed by atoms with E-state index < -0.39 is 5.60 Å². The van der Waals surface area contributed by atoms with Crippen molar-refractivity contribution in [3.63, 3.8) is 0 Å². The SMILES string of the molecule is COc1cccc(C(=O)N2CCN(C(=O)c3cccn3C3CCN(C(=O)OC(C)(C)C)CC3)CC2)c1. The summed E-state index contributed by atoms with van der Waals surface area (Å²) in [5.74, 6) is 0.566. The van der Waals surface area contributed by atoms with Gasteiger partial charge in [0.2, 0.25) is 0 Å². The number of hydrogen-bond acceptors (Lipinski definition) is 5. The summed E-state index contributed by atoms with van der Waals surface area (Å²) in [6.07, 6.45) is 3.18. The number of piperidine rings is 1. The standard InChI is InChI=1S/C27H36N4O5/c1-27(2,3)36-26(34)30-13-10-21(11-14-30)31-12-6-9-23(31)25(33)29-17-15-28(16-18-29)24(32)20-7-5-8-22(19-20)35-4/h5-9,12,19,21H,10-11,13-18H2,1-4H3. The van der Waals surface area contributed by atoms with Gasteiger partial charge in [-0.05, 0) is 63.9 Å². The van der Waals surface area contributed by atoms with Crippen LogP contribution in [0.25, 0.3) is 0 Å². The van der Waals surface area contributed by atoms with Gasteiger partial charge in [-0.1, -0.05) is 6.07 Å². The Morgan fingerprint density at radius 2 is 1.47 bits per heavy atom. The molecule has 3 amide bonds. The molecule has 0 atom stereocenters. The molecule has 194 valence electrons. The summed E-state index contributed by atoms with van der Waals surface area (Å²) in [6, 6.07) is 11.0. The lowest BCUT2D eigenvalue weighted by Gasteiger charge is -2.36. The van der Waals surface area contributed by atoms with Crippen molar-refractivity contribution < 1.29 is 23.9 Å². The third-order valence-corrected chi connectivity index (χ3v) is 6.68. The molecule has 1 aromatic heterocycles. The van der Waals surface area contributed by atoms with E-state index in [1.807, 2.05) is 54.6 Å². The van der Waals surface area contributed by atoms with Crippen molar-refractivity contribution in [3.05, 3.63) is 53.9 Å². The maximum Gasteiger partial charge on any atom is 0.410 e. The number of piperazine rings is 1. The molecular weight excluding hydrogens is 460 g/mol. The van der Waals surface area contributed by atoms with Crippen LogP contribution in [0.15, 0.2) is 42.6 Å². The Labute approximate surface area is 212 Å². The van der Waals surface area contributed by atoms with Crippen molar-refractivity contribution >= 4 is 17.9 Å². The van der Waals surface area contributed by atoms with Gasteiger partial charge in [-0.2, -0.15) is 0 Å². The molecule has 3 heterocycles. The van der Waals surface area contributed by atoms with Crippen LogP contribution in [0.4, 0.5) is 4.79 Å². The molecule has 0 saturated carbocycles. The lowest BCUT2D eigenvalue weighted by atomic mass is 10.0. The molecule has 1 aromatic carbocycles. The molecule has 36 heavy (non-hydrogen) atoms. The Hall–Kier alpha value is -3.49. The Balaban J connectivity index is 1.33. The highest BCUT2D eigenvalue weighted by Crippen LogP contribution is 2.26. The second-order valence-electron chi connectivity index (χ2n) is 10.3. The summed E-state index contributed by atoms with van der Waals surface area (Å²) in [7, 11) is 1.58. The number of carbonyl (C=O) groups is 3. The number of benzene rings is 1. The van der Waals surface area contributed by atoms with Crippen LogP contribution in [0.1, 0.15) is 60.5 Å². The molecule has 4 rings (SSSR count). The van der Waals surface area contributed by atoms with Gasteiger partial charge in [0.25, 0.3) is 11.8 Å². The third-order valence-electron chi connectivity index (χ3n) is 6.68. The first-order valence-corrected chi connectivity index (χ1v) is 12.5. The van der Waals surface area contributed by atoms with Gasteiger partial charge in [0.1, 0.15) is 17.0 Å². The number of amides is 3. The Bertz CT molecular complexity index is 1090. The fourth-order valence-electron chi connectivity index (χ4n) is 4.76. The molecular formula is C27H36N4O5. The fraction of sp³-hybridized carbons (Fsp3) is 0.519. The summed E-state index contributed by atoms with van der Waals surface area (Å²) in [5, 5.41) is 0. The molecule has 0 aliphatic carbocycles. The first kappa shape index (κ1) is 25.6. The van der Waals surface area contributed by atoms with Crippen molar-refractivity contribution in [2.75, 3.05) is 46.4 Å². The number of nitrogens with zero attached hydrogens (tertiary/aromatic N) is 4. The second kappa shape index (κ2) is 10.6. The van der Waals surface area contributed by atoms with Crippen molar-refractivity contribution in [1.29, 1.82) is 0 Å². The molecule has 0 unspecified atom stereocenters. The third kappa shape index (κ3) is 5.83. The van der Waals surface area contributed by atoms with Crippen LogP contribution in [0, 0.1) is 0 Å². The number of likely N-dealkylation sites (tertiary alicyclic amines) is 1. The van der Waals surface area contributed by atoms with Crippen molar-refractivity contribution in [1.82, 2.24) is 19.3 Å². The summed E-state index contributed by atoms with van der Waals surface area (Å²) < 4.78 is 12.8. The predicted molar refractivity (Wildman–Crippen MR) is 135 cm³/mol. The smallest absolute Gasteiger partial charge is 0.410 e. The Morgan fingerprint density at radius 1 is 0.833 bits per heavy atom. The Morgan fingerprint density at radius 3 is 2.08 bits per heavy atom. The van der Waals surface area contributed by atoms with Crippen molar-refractivity contribution in [2.45, 2.75) is 45.3 Å². The molecule has 0 N–H and O–H groups in total. The first-order chi connectivity index (χ1) is 17.2. The number of aromatic nitrogens is 1. The van der Waals surface area contributed by atoms with Crippen LogP contribution in [0.3, 0.4) is 0 Å². The molecule has 0 bridgehead atoms. The first-order valence-electron chi connectivity index (χ1n) is 12.5. The van der Waals surface area contributed by atoms with Gasteiger partial charge in [-0.3, -0.25) is 9.59 Å². The van der Waals surface area contributed by atoms with E-state index >= 15 is 0 Å². The molecule has 9 heteroatoms. The minimum atomic E-state index is -0.517. The Kier molecular flexibility index (Phi) is 7.56. The number of methoxy groups -OCH3 is 1. The van der Waals surface area contributed by atoms with Crippen LogP contribution in [0.5, 0.6) is 5.75 Å². The monoisotopic (exact) mass is 496 g/mol. The average molecular weight is 497 g/mol. The van der Waals surface area contributed by atoms with Gasteiger partial charge in [0, 0.05) is 57.1 Å². The van der Waals surface area contributed by atoms with Crippen LogP contribution < -0.4 is 4.74 Å². The minimum Gasteiger partial charge on any atom is -0.497 e. The molecule has 0 spiro atoms. The van der Waals surface area contributed by atoms with Crippen molar-refractivity contribution in [2.24, 2.45) is 0 Å². The zero-order valence-electron chi connectivity index (χ0n) is 21.6. The molecule has 0 radical (unpaired) electrons. The zero-order chi connectivity index (χ0) is 25.9. The molecule has 2 saturated heterocycles. The molecule has 2 fully saturated rings. The topological polar surface area (TPSA) is 84.3 Å². The van der Waals surface area contributed by atoms with Crippen LogP contribution in [0.2, 0.25) is 0 Å². The maximum absolute atomic E-state index is 13.4. The highest BCUT2D eigenvalue weighted by atomic mass is 16.6. The maximum atomic E-state index is 13.4. The van der Waals surface area contributed by atoms with Gasteiger partial charge in [-0.25, -0.2) is 4.79 Å². The van der Waals surface area contributed by atoms with Gasteiger partial charge >= 0.3 is 6.09 Å². The van der Waals surface area contributed by atoms with E-state index in [0.29, 0.717) is 56.3 Å². The second-order valence-corrected chi connectivity index (χ2v) is 10.3. The van der Waals surface area contributed by atoms with Gasteiger partial charge in [-0.15, -0.1) is 0 Å². The fourth-order valence-corrected chi connectivity index (χ4v) is 4.76. The summed E-state index contributed by atoms with van der Waals surface area (Å²) in [6.45, 7) is 8.71. The van der Waals surface area contributed by atoms with E-state index in [1.54, 1.807) is 35.1 Å². The quantitative estimate of drug-likeness (QED) is 0.645. The molecule has 2 aromatic rings. The van der Waals surface area contributed by atoms with Gasteiger partial charge in [0.05, 0.1) is 7.11 Å².